The molecule has 0 saturated heterocycles. The molecule has 0 spiro atoms. The van der Waals surface area contributed by atoms with Gasteiger partial charge in [0.1, 0.15) is 0 Å². The summed E-state index contributed by atoms with van der Waals surface area (Å²) in [6.45, 7) is 0. The van der Waals surface area contributed by atoms with Crippen molar-refractivity contribution >= 4 is 14.3 Å². The second-order valence-electron chi connectivity index (χ2n) is 7.12. The first-order valence-electron chi connectivity index (χ1n) is 9.39. The SMILES string of the molecule is [Cl-].[Cl-].[Zr+2][C]1=C(C2c3ccccc3-c3ccccc32)C=CC1=[SiH]Cc1ccccc1. The van der Waals surface area contributed by atoms with E-state index >= 15 is 0 Å². The molecule has 0 heterocycles. The summed E-state index contributed by atoms with van der Waals surface area (Å²) in [5.74, 6) is 0.400. The Bertz CT molecular complexity index is 1070. The van der Waals surface area contributed by atoms with Crippen molar-refractivity contribution in [2.75, 3.05) is 0 Å². The summed E-state index contributed by atoms with van der Waals surface area (Å²) in [7, 11) is 0.286. The van der Waals surface area contributed by atoms with Crippen LogP contribution in [0.1, 0.15) is 22.6 Å². The van der Waals surface area contributed by atoms with Crippen LogP contribution in [-0.4, -0.2) is 14.3 Å². The molecule has 0 aromatic heterocycles. The third-order valence-corrected chi connectivity index (χ3v) is 9.29. The van der Waals surface area contributed by atoms with Gasteiger partial charge in [-0.05, 0) is 0 Å². The standard InChI is InChI=1S/C25H19Si.2ClH.Zr/c1-2-8-18(9-3-1)17-26-20-15-14-19(16-20)25-23-12-6-4-10-21(23)22-11-5-7-13-24(22)25;;;/h1-15,25-26H,17H2;2*1H;/q;;;+2/p-2. The monoisotopic (exact) mass is 507 g/mol. The fraction of sp³-hybridized carbons (Fsp3) is 0.0800. The first-order valence-corrected chi connectivity index (χ1v) is 12.0. The van der Waals surface area contributed by atoms with E-state index in [1.54, 1.807) is 33.2 Å². The van der Waals surface area contributed by atoms with Gasteiger partial charge in [-0.25, -0.2) is 0 Å². The fourth-order valence-corrected chi connectivity index (χ4v) is 7.10. The zero-order valence-electron chi connectivity index (χ0n) is 15.8. The van der Waals surface area contributed by atoms with Gasteiger partial charge in [-0.2, -0.15) is 0 Å². The Labute approximate surface area is 202 Å². The van der Waals surface area contributed by atoms with Gasteiger partial charge in [-0.1, -0.05) is 0 Å². The van der Waals surface area contributed by atoms with Crippen LogP contribution in [0.3, 0.4) is 0 Å². The van der Waals surface area contributed by atoms with Gasteiger partial charge < -0.3 is 24.8 Å². The van der Waals surface area contributed by atoms with Gasteiger partial charge in [0.05, 0.1) is 0 Å². The van der Waals surface area contributed by atoms with Gasteiger partial charge in [-0.3, -0.25) is 0 Å². The van der Waals surface area contributed by atoms with Gasteiger partial charge in [0, 0.05) is 0 Å². The molecule has 3 aromatic rings. The molecule has 0 unspecified atom stereocenters. The molecular formula is C25H19Cl2SiZr. The first-order chi connectivity index (χ1) is 13.3. The van der Waals surface area contributed by atoms with E-state index in [0.29, 0.717) is 5.92 Å². The summed E-state index contributed by atoms with van der Waals surface area (Å²) in [6, 6.07) is 30.0. The van der Waals surface area contributed by atoms with E-state index < -0.39 is 0 Å². The van der Waals surface area contributed by atoms with E-state index in [4.69, 9.17) is 0 Å². The number of halogens is 2. The number of fused-ring (bicyclic) bond motifs is 3. The molecule has 0 bridgehead atoms. The van der Waals surface area contributed by atoms with Crippen LogP contribution in [0.15, 0.2) is 99.9 Å². The molecule has 0 radical (unpaired) electrons. The van der Waals surface area contributed by atoms with Gasteiger partial charge in [0.2, 0.25) is 0 Å². The molecule has 0 nitrogen and oxygen atoms in total. The minimum absolute atomic E-state index is 0. The topological polar surface area (TPSA) is 0 Å². The maximum absolute atomic E-state index is 2.40. The third-order valence-electron chi connectivity index (χ3n) is 5.57. The van der Waals surface area contributed by atoms with Gasteiger partial charge in [0.25, 0.3) is 0 Å². The molecule has 0 atom stereocenters. The van der Waals surface area contributed by atoms with Crippen LogP contribution in [-0.2, 0) is 30.8 Å². The number of allylic oxidation sites excluding steroid dienone is 4. The molecule has 5 rings (SSSR count). The Morgan fingerprint density at radius 2 is 1.24 bits per heavy atom. The quantitative estimate of drug-likeness (QED) is 0.397. The van der Waals surface area contributed by atoms with Crippen molar-refractivity contribution in [3.05, 3.63) is 117 Å². The number of rotatable bonds is 3. The summed E-state index contributed by atoms with van der Waals surface area (Å²) >= 11 is 1.54. The first kappa shape index (κ1) is 22.4. The summed E-state index contributed by atoms with van der Waals surface area (Å²) < 4.78 is 1.59. The molecule has 0 amide bonds. The van der Waals surface area contributed by atoms with Crippen LogP contribution in [0.4, 0.5) is 0 Å². The van der Waals surface area contributed by atoms with Crippen LogP contribution in [0.25, 0.3) is 11.1 Å². The molecule has 29 heavy (non-hydrogen) atoms. The zero-order valence-corrected chi connectivity index (χ0v) is 20.9. The second kappa shape index (κ2) is 9.67. The van der Waals surface area contributed by atoms with E-state index in [1.165, 1.54) is 39.4 Å². The molecule has 0 aliphatic heterocycles. The van der Waals surface area contributed by atoms with Crippen molar-refractivity contribution in [1.82, 2.24) is 0 Å². The Hall–Kier alpha value is -1.31. The molecule has 2 aliphatic rings. The number of benzene rings is 3. The summed E-state index contributed by atoms with van der Waals surface area (Å²) in [4.78, 5) is 0. The Balaban J connectivity index is 0.00000120. The van der Waals surface area contributed by atoms with E-state index in [1.807, 2.05) is 0 Å². The minimum atomic E-state index is 0. The van der Waals surface area contributed by atoms with Crippen molar-refractivity contribution in [1.29, 1.82) is 0 Å². The summed E-state index contributed by atoms with van der Waals surface area (Å²) in [5.41, 5.74) is 8.75. The average Bonchev–Trinajstić information content (AvgIpc) is 3.25. The van der Waals surface area contributed by atoms with Crippen LogP contribution in [0, 0.1) is 0 Å². The molecule has 3 aromatic carbocycles. The van der Waals surface area contributed by atoms with Crippen LogP contribution in [0.5, 0.6) is 0 Å². The normalized spacial score (nSPS) is 15.7. The molecule has 0 saturated carbocycles. The van der Waals surface area contributed by atoms with Crippen molar-refractivity contribution < 1.29 is 49.5 Å². The number of hydrogen-bond donors (Lipinski definition) is 0. The second-order valence-corrected chi connectivity index (χ2v) is 9.79. The molecule has 0 fully saturated rings. The fourth-order valence-electron chi connectivity index (χ4n) is 4.26. The Kier molecular flexibility index (Phi) is 7.46. The molecule has 0 N–H and O–H groups in total. The van der Waals surface area contributed by atoms with E-state index in [-0.39, 0.29) is 33.9 Å². The predicted molar refractivity (Wildman–Crippen MR) is 112 cm³/mol. The molecule has 4 heteroatoms. The van der Waals surface area contributed by atoms with E-state index in [0.717, 1.165) is 0 Å². The van der Waals surface area contributed by atoms with Crippen molar-refractivity contribution in [3.63, 3.8) is 0 Å². The van der Waals surface area contributed by atoms with Crippen LogP contribution < -0.4 is 24.8 Å². The van der Waals surface area contributed by atoms with Crippen molar-refractivity contribution in [3.8, 4) is 11.1 Å². The van der Waals surface area contributed by atoms with Gasteiger partial charge in [-0.15, -0.1) is 0 Å². The Morgan fingerprint density at radius 3 is 1.86 bits per heavy atom. The summed E-state index contributed by atoms with van der Waals surface area (Å²) in [5, 5.41) is 1.61. The van der Waals surface area contributed by atoms with Crippen molar-refractivity contribution in [2.24, 2.45) is 0 Å². The van der Waals surface area contributed by atoms with Crippen LogP contribution in [0.2, 0.25) is 0 Å². The Morgan fingerprint density at radius 1 is 0.690 bits per heavy atom. The zero-order chi connectivity index (χ0) is 18.2. The van der Waals surface area contributed by atoms with E-state index in [2.05, 4.69) is 91.0 Å². The van der Waals surface area contributed by atoms with Gasteiger partial charge >= 0.3 is 179 Å². The van der Waals surface area contributed by atoms with Crippen molar-refractivity contribution in [2.45, 2.75) is 12.0 Å². The average molecular weight is 510 g/mol. The molecule has 141 valence electrons. The predicted octanol–water partition coefficient (Wildman–Crippen LogP) is -1.01. The molecule has 2 aliphatic carbocycles. The summed E-state index contributed by atoms with van der Waals surface area (Å²) in [6.07, 6.45) is 4.81. The molecular weight excluding hydrogens is 490 g/mol. The third kappa shape index (κ3) is 4.14. The maximum atomic E-state index is 2.40. The van der Waals surface area contributed by atoms with Crippen LogP contribution >= 0.6 is 0 Å². The van der Waals surface area contributed by atoms with Gasteiger partial charge in [0.15, 0.2) is 0 Å². The van der Waals surface area contributed by atoms with E-state index in [9.17, 15) is 0 Å². The number of hydrogen-bond acceptors (Lipinski definition) is 0.